The maximum atomic E-state index is 14.1. The molecule has 1 fully saturated rings. The Morgan fingerprint density at radius 1 is 0.905 bits per heavy atom. The zero-order valence-electron chi connectivity index (χ0n) is 23.3. The van der Waals surface area contributed by atoms with Gasteiger partial charge in [-0.05, 0) is 41.2 Å². The molecule has 10 heteroatoms. The van der Waals surface area contributed by atoms with Gasteiger partial charge in [-0.2, -0.15) is 0 Å². The first-order valence-corrected chi connectivity index (χ1v) is 13.9. The SMILES string of the molecule is Cc1ccc(NC(=O)COC(=O)[C@@H](C(C)C)N2C(=O)[C@@H]3C4c5ccccc5C(c5ccccc54)[C@@H]3C2=O)cc1[N+](=O)[O-]. The summed E-state index contributed by atoms with van der Waals surface area (Å²) in [6.45, 7) is 4.34. The van der Waals surface area contributed by atoms with Gasteiger partial charge in [0.2, 0.25) is 11.8 Å². The summed E-state index contributed by atoms with van der Waals surface area (Å²) in [5, 5.41) is 13.7. The number of carbonyl (C=O) groups excluding carboxylic acids is 4. The van der Waals surface area contributed by atoms with Gasteiger partial charge >= 0.3 is 5.97 Å². The van der Waals surface area contributed by atoms with Gasteiger partial charge in [-0.1, -0.05) is 68.4 Å². The second-order valence-electron chi connectivity index (χ2n) is 11.4. The van der Waals surface area contributed by atoms with Crippen molar-refractivity contribution in [3.63, 3.8) is 0 Å². The van der Waals surface area contributed by atoms with Gasteiger partial charge in [0.1, 0.15) is 6.04 Å². The van der Waals surface area contributed by atoms with Gasteiger partial charge in [0.15, 0.2) is 6.61 Å². The first-order valence-electron chi connectivity index (χ1n) is 13.9. The molecule has 0 spiro atoms. The third kappa shape index (κ3) is 4.17. The Morgan fingerprint density at radius 2 is 1.40 bits per heavy atom. The normalized spacial score (nSPS) is 22.3. The Kier molecular flexibility index (Phi) is 6.64. The summed E-state index contributed by atoms with van der Waals surface area (Å²) in [4.78, 5) is 65.8. The second kappa shape index (κ2) is 10.2. The lowest BCUT2D eigenvalue weighted by Crippen LogP contribution is -2.49. The highest BCUT2D eigenvalue weighted by molar-refractivity contribution is 6.10. The van der Waals surface area contributed by atoms with E-state index in [1.807, 2.05) is 48.5 Å². The number of benzene rings is 3. The summed E-state index contributed by atoms with van der Waals surface area (Å²) in [6, 6.07) is 18.8. The first kappa shape index (κ1) is 27.3. The molecule has 2 bridgehead atoms. The molecule has 1 heterocycles. The predicted molar refractivity (Wildman–Crippen MR) is 151 cm³/mol. The number of hydrogen-bond donors (Lipinski definition) is 1. The van der Waals surface area contributed by atoms with E-state index in [0.717, 1.165) is 27.2 Å². The van der Waals surface area contributed by atoms with Crippen LogP contribution >= 0.6 is 0 Å². The van der Waals surface area contributed by atoms with Gasteiger partial charge in [-0.25, -0.2) is 4.79 Å². The zero-order chi connectivity index (χ0) is 29.9. The van der Waals surface area contributed by atoms with E-state index in [9.17, 15) is 29.3 Å². The molecule has 0 unspecified atom stereocenters. The molecule has 1 saturated heterocycles. The Hall–Kier alpha value is -4.86. The number of nitro benzene ring substituents is 1. The van der Waals surface area contributed by atoms with Crippen molar-refractivity contribution in [2.45, 2.75) is 38.6 Å². The molecule has 10 nitrogen and oxygen atoms in total. The van der Waals surface area contributed by atoms with Crippen LogP contribution in [0, 0.1) is 34.8 Å². The topological polar surface area (TPSA) is 136 Å². The van der Waals surface area contributed by atoms with E-state index >= 15 is 0 Å². The summed E-state index contributed by atoms with van der Waals surface area (Å²) >= 11 is 0. The molecular formula is C32H29N3O7. The lowest BCUT2D eigenvalue weighted by atomic mass is 9.55. The Morgan fingerprint density at radius 3 is 1.86 bits per heavy atom. The number of amides is 3. The minimum atomic E-state index is -1.21. The molecule has 214 valence electrons. The van der Waals surface area contributed by atoms with Crippen LogP contribution in [0.1, 0.15) is 53.5 Å². The van der Waals surface area contributed by atoms with E-state index < -0.39 is 59.0 Å². The summed E-state index contributed by atoms with van der Waals surface area (Å²) in [5.74, 6) is -4.74. The highest BCUT2D eigenvalue weighted by Gasteiger charge is 2.63. The number of nitro groups is 1. The summed E-state index contributed by atoms with van der Waals surface area (Å²) < 4.78 is 5.33. The van der Waals surface area contributed by atoms with Crippen molar-refractivity contribution < 1.29 is 28.8 Å². The number of nitrogens with zero attached hydrogens (tertiary/aromatic N) is 2. The molecule has 0 saturated carbocycles. The van der Waals surface area contributed by atoms with Gasteiger partial charge in [-0.15, -0.1) is 0 Å². The molecule has 1 N–H and O–H groups in total. The minimum absolute atomic E-state index is 0.157. The molecule has 0 aromatic heterocycles. The Labute approximate surface area is 241 Å². The molecule has 7 rings (SSSR count). The van der Waals surface area contributed by atoms with Crippen molar-refractivity contribution in [2.24, 2.45) is 17.8 Å². The highest BCUT2D eigenvalue weighted by Crippen LogP contribution is 2.61. The van der Waals surface area contributed by atoms with Crippen LogP contribution in [-0.4, -0.2) is 46.2 Å². The second-order valence-corrected chi connectivity index (χ2v) is 11.4. The van der Waals surface area contributed by atoms with Crippen LogP contribution in [0.3, 0.4) is 0 Å². The summed E-state index contributed by atoms with van der Waals surface area (Å²) in [6.07, 6.45) is 0. The number of anilines is 1. The van der Waals surface area contributed by atoms with Crippen LogP contribution in [0.5, 0.6) is 0 Å². The molecule has 3 amide bonds. The van der Waals surface area contributed by atoms with Crippen LogP contribution in [-0.2, 0) is 23.9 Å². The quantitative estimate of drug-likeness (QED) is 0.195. The molecule has 3 aliphatic carbocycles. The molecule has 3 aromatic rings. The number of nitrogens with one attached hydrogen (secondary N) is 1. The Balaban J connectivity index is 1.23. The number of esters is 1. The molecular weight excluding hydrogens is 538 g/mol. The Bertz CT molecular complexity index is 1550. The molecule has 3 atom stereocenters. The van der Waals surface area contributed by atoms with E-state index in [1.165, 1.54) is 18.2 Å². The number of likely N-dealkylation sites (tertiary alicyclic amines) is 1. The average molecular weight is 568 g/mol. The van der Waals surface area contributed by atoms with Crippen molar-refractivity contribution in [2.75, 3.05) is 11.9 Å². The van der Waals surface area contributed by atoms with Crippen molar-refractivity contribution in [3.8, 4) is 0 Å². The van der Waals surface area contributed by atoms with Crippen molar-refractivity contribution >= 4 is 35.1 Å². The highest BCUT2D eigenvalue weighted by atomic mass is 16.6. The van der Waals surface area contributed by atoms with E-state index in [0.29, 0.717) is 5.56 Å². The monoisotopic (exact) mass is 567 g/mol. The maximum absolute atomic E-state index is 14.1. The summed E-state index contributed by atoms with van der Waals surface area (Å²) in [5.41, 5.74) is 4.57. The standard InChI is InChI=1S/C32H29N3O7/c1-16(2)29(32(39)42-15-24(36)33-18-13-12-17(3)23(14-18)35(40)41)34-30(37)27-25-19-8-4-5-9-20(19)26(28(27)31(34)38)22-11-7-6-10-21(22)25/h4-14,16,25-29H,15H2,1-3H3,(H,33,36)/t25?,26?,27-,28+,29-/m1/s1. The number of aryl methyl sites for hydroxylation is 1. The summed E-state index contributed by atoms with van der Waals surface area (Å²) in [7, 11) is 0. The van der Waals surface area contributed by atoms with Crippen LogP contribution in [0.25, 0.3) is 0 Å². The number of hydrogen-bond acceptors (Lipinski definition) is 7. The third-order valence-corrected chi connectivity index (χ3v) is 8.67. The van der Waals surface area contributed by atoms with Gasteiger partial charge in [0, 0.05) is 29.2 Å². The van der Waals surface area contributed by atoms with Crippen LogP contribution in [0.4, 0.5) is 11.4 Å². The van der Waals surface area contributed by atoms with E-state index in [1.54, 1.807) is 20.8 Å². The van der Waals surface area contributed by atoms with Crippen molar-refractivity contribution in [3.05, 3.63) is 105 Å². The van der Waals surface area contributed by atoms with E-state index in [2.05, 4.69) is 5.32 Å². The van der Waals surface area contributed by atoms with Crippen LogP contribution < -0.4 is 5.32 Å². The van der Waals surface area contributed by atoms with Crippen LogP contribution in [0.2, 0.25) is 0 Å². The maximum Gasteiger partial charge on any atom is 0.330 e. The van der Waals surface area contributed by atoms with E-state index in [-0.39, 0.29) is 23.2 Å². The molecule has 0 radical (unpaired) electrons. The smallest absolute Gasteiger partial charge is 0.330 e. The average Bonchev–Trinajstić information content (AvgIpc) is 3.23. The third-order valence-electron chi connectivity index (χ3n) is 8.67. The zero-order valence-corrected chi connectivity index (χ0v) is 23.3. The number of ether oxygens (including phenoxy) is 1. The fraction of sp³-hybridized carbons (Fsp3) is 0.312. The molecule has 1 aliphatic heterocycles. The minimum Gasteiger partial charge on any atom is -0.454 e. The molecule has 42 heavy (non-hydrogen) atoms. The number of carbonyl (C=O) groups is 4. The van der Waals surface area contributed by atoms with E-state index in [4.69, 9.17) is 4.74 Å². The predicted octanol–water partition coefficient (Wildman–Crippen LogP) is 4.30. The fourth-order valence-electron chi connectivity index (χ4n) is 6.95. The first-order chi connectivity index (χ1) is 20.1. The number of imide groups is 1. The van der Waals surface area contributed by atoms with Gasteiger partial charge < -0.3 is 10.1 Å². The lowest BCUT2D eigenvalue weighted by molar-refractivity contribution is -0.385. The lowest BCUT2D eigenvalue weighted by Gasteiger charge is -2.45. The van der Waals surface area contributed by atoms with Crippen molar-refractivity contribution in [1.82, 2.24) is 4.90 Å². The van der Waals surface area contributed by atoms with Gasteiger partial charge in [0.05, 0.1) is 16.8 Å². The largest absolute Gasteiger partial charge is 0.454 e. The van der Waals surface area contributed by atoms with Gasteiger partial charge in [-0.3, -0.25) is 29.4 Å². The van der Waals surface area contributed by atoms with Gasteiger partial charge in [0.25, 0.3) is 11.6 Å². The molecule has 4 aliphatic rings. The fourth-order valence-corrected chi connectivity index (χ4v) is 6.95. The molecule has 3 aromatic carbocycles. The number of rotatable bonds is 7. The van der Waals surface area contributed by atoms with Crippen molar-refractivity contribution in [1.29, 1.82) is 0 Å². The van der Waals surface area contributed by atoms with Crippen LogP contribution in [0.15, 0.2) is 66.7 Å².